The van der Waals surface area contributed by atoms with Gasteiger partial charge in [0.25, 0.3) is 0 Å². The zero-order chi connectivity index (χ0) is 15.0. The van der Waals surface area contributed by atoms with Crippen molar-refractivity contribution >= 4 is 0 Å². The van der Waals surface area contributed by atoms with Gasteiger partial charge in [-0.1, -0.05) is 32.9 Å². The van der Waals surface area contributed by atoms with E-state index in [1.165, 1.54) is 5.56 Å². The molecule has 1 fully saturated rings. The second-order valence-electron chi connectivity index (χ2n) is 6.85. The highest BCUT2D eigenvalue weighted by Crippen LogP contribution is 2.34. The summed E-state index contributed by atoms with van der Waals surface area (Å²) >= 11 is 0. The Morgan fingerprint density at radius 3 is 2.52 bits per heavy atom. The quantitative estimate of drug-likeness (QED) is 0.931. The normalized spacial score (nSPS) is 19.5. The number of nitrogens with one attached hydrogen (secondary N) is 1. The van der Waals surface area contributed by atoms with Crippen molar-refractivity contribution in [3.8, 4) is 0 Å². The smallest absolute Gasteiger partial charge is 0.123 e. The van der Waals surface area contributed by atoms with E-state index in [1.54, 1.807) is 12.1 Å². The van der Waals surface area contributed by atoms with Crippen LogP contribution in [0.25, 0.3) is 0 Å². The molecule has 112 valence electrons. The first-order valence-electron chi connectivity index (χ1n) is 7.48. The molecule has 3 rings (SSSR count). The van der Waals surface area contributed by atoms with Crippen molar-refractivity contribution in [3.05, 3.63) is 53.1 Å². The number of aromatic nitrogens is 2. The number of hydrogen-bond acceptors (Lipinski definition) is 2. The zero-order valence-electron chi connectivity index (χ0n) is 12.9. The van der Waals surface area contributed by atoms with Crippen LogP contribution in [0.2, 0.25) is 0 Å². The lowest BCUT2D eigenvalue weighted by Gasteiger charge is -2.41. The summed E-state index contributed by atoms with van der Waals surface area (Å²) in [5.74, 6) is -0.173. The molecule has 1 N–H and O–H groups in total. The molecule has 21 heavy (non-hydrogen) atoms. The van der Waals surface area contributed by atoms with Crippen LogP contribution in [0.3, 0.4) is 0 Å². The third-order valence-corrected chi connectivity index (χ3v) is 4.16. The van der Waals surface area contributed by atoms with E-state index in [4.69, 9.17) is 0 Å². The number of hydrogen-bond donors (Lipinski definition) is 1. The molecule has 2 aromatic rings. The fourth-order valence-corrected chi connectivity index (χ4v) is 2.74. The lowest BCUT2D eigenvalue weighted by molar-refractivity contribution is 0.0803. The molecule has 2 heterocycles. The lowest BCUT2D eigenvalue weighted by Crippen LogP contribution is -2.40. The van der Waals surface area contributed by atoms with Crippen molar-refractivity contribution in [2.24, 2.45) is 0 Å². The fourth-order valence-electron chi connectivity index (χ4n) is 2.74. The molecule has 1 aromatic carbocycles. The summed E-state index contributed by atoms with van der Waals surface area (Å²) in [5, 5.41) is 7.55. The molecule has 1 aromatic heterocycles. The Balaban J connectivity index is 1.68. The van der Waals surface area contributed by atoms with Gasteiger partial charge in [0.15, 0.2) is 0 Å². The highest BCUT2D eigenvalue weighted by molar-refractivity contribution is 5.23. The molecule has 1 saturated heterocycles. The van der Waals surface area contributed by atoms with E-state index >= 15 is 0 Å². The Hall–Kier alpha value is -1.68. The molecule has 0 saturated carbocycles. The topological polar surface area (TPSA) is 31.9 Å². The van der Waals surface area contributed by atoms with Crippen LogP contribution in [-0.4, -0.2) is 21.6 Å². The average Bonchev–Trinajstić information content (AvgIpc) is 2.86. The summed E-state index contributed by atoms with van der Waals surface area (Å²) in [7, 11) is 0. The first-order valence-corrected chi connectivity index (χ1v) is 7.48. The number of likely N-dealkylation sites (tertiary alicyclic amines) is 1. The first-order chi connectivity index (χ1) is 9.93. The molecular formula is C17H22FN3. The van der Waals surface area contributed by atoms with E-state index in [-0.39, 0.29) is 11.2 Å². The van der Waals surface area contributed by atoms with Gasteiger partial charge in [-0.3, -0.25) is 10.00 Å². The lowest BCUT2D eigenvalue weighted by atomic mass is 9.92. The van der Waals surface area contributed by atoms with Crippen molar-refractivity contribution in [1.82, 2.24) is 15.1 Å². The van der Waals surface area contributed by atoms with Gasteiger partial charge in [-0.2, -0.15) is 5.10 Å². The highest BCUT2D eigenvalue weighted by atomic mass is 19.1. The van der Waals surface area contributed by atoms with E-state index in [0.29, 0.717) is 6.04 Å². The predicted octanol–water partition coefficient (Wildman–Crippen LogP) is 3.79. The van der Waals surface area contributed by atoms with E-state index in [0.717, 1.165) is 30.9 Å². The average molecular weight is 287 g/mol. The minimum Gasteiger partial charge on any atom is -0.290 e. The molecule has 0 spiro atoms. The molecular weight excluding hydrogens is 265 g/mol. The van der Waals surface area contributed by atoms with Crippen LogP contribution in [0, 0.1) is 5.82 Å². The van der Waals surface area contributed by atoms with Crippen molar-refractivity contribution in [2.45, 2.75) is 45.2 Å². The molecule has 1 atom stereocenters. The van der Waals surface area contributed by atoms with Gasteiger partial charge < -0.3 is 0 Å². The zero-order valence-corrected chi connectivity index (χ0v) is 12.9. The first kappa shape index (κ1) is 14.3. The second kappa shape index (κ2) is 5.26. The van der Waals surface area contributed by atoms with E-state index in [2.05, 4.69) is 41.9 Å². The number of benzene rings is 1. The maximum absolute atomic E-state index is 13.0. The Labute approximate surface area is 125 Å². The molecule has 4 heteroatoms. The molecule has 0 radical (unpaired) electrons. The molecule has 3 nitrogen and oxygen atoms in total. The van der Waals surface area contributed by atoms with Gasteiger partial charge in [0.1, 0.15) is 5.82 Å². The molecule has 0 bridgehead atoms. The van der Waals surface area contributed by atoms with E-state index in [9.17, 15) is 4.39 Å². The fraction of sp³-hybridized carbons (Fsp3) is 0.471. The van der Waals surface area contributed by atoms with Crippen LogP contribution in [0.1, 0.15) is 50.2 Å². The summed E-state index contributed by atoms with van der Waals surface area (Å²) in [6, 6.07) is 9.41. The third-order valence-electron chi connectivity index (χ3n) is 4.16. The van der Waals surface area contributed by atoms with Crippen LogP contribution in [0.15, 0.2) is 30.3 Å². The van der Waals surface area contributed by atoms with Crippen LogP contribution in [0.5, 0.6) is 0 Å². The van der Waals surface area contributed by atoms with E-state index < -0.39 is 0 Å². The number of aromatic amines is 1. The van der Waals surface area contributed by atoms with Crippen LogP contribution < -0.4 is 0 Å². The number of rotatable bonds is 3. The number of nitrogens with zero attached hydrogens (tertiary/aromatic N) is 2. The Bertz CT molecular complexity index is 610. The Morgan fingerprint density at radius 2 is 2.00 bits per heavy atom. The summed E-state index contributed by atoms with van der Waals surface area (Å²) in [6.45, 7) is 8.44. The van der Waals surface area contributed by atoms with Gasteiger partial charge in [0, 0.05) is 30.2 Å². The van der Waals surface area contributed by atoms with Crippen molar-refractivity contribution < 1.29 is 4.39 Å². The van der Waals surface area contributed by atoms with Gasteiger partial charge in [-0.25, -0.2) is 4.39 Å². The molecule has 0 amide bonds. The van der Waals surface area contributed by atoms with Crippen molar-refractivity contribution in [2.75, 3.05) is 6.54 Å². The predicted molar refractivity (Wildman–Crippen MR) is 81.5 cm³/mol. The SMILES string of the molecule is CC(C)(C)c1cc(CN2CCC2c2ccc(F)cc2)[nH]n1. The van der Waals surface area contributed by atoms with Gasteiger partial charge in [0.05, 0.1) is 5.69 Å². The van der Waals surface area contributed by atoms with Gasteiger partial charge in [-0.05, 0) is 30.2 Å². The summed E-state index contributed by atoms with van der Waals surface area (Å²) in [6.07, 6.45) is 1.13. The Kier molecular flexibility index (Phi) is 3.57. The molecule has 1 aliphatic heterocycles. The number of H-pyrrole nitrogens is 1. The summed E-state index contributed by atoms with van der Waals surface area (Å²) in [5.41, 5.74) is 3.50. The summed E-state index contributed by atoms with van der Waals surface area (Å²) in [4.78, 5) is 2.40. The van der Waals surface area contributed by atoms with Crippen LogP contribution in [-0.2, 0) is 12.0 Å². The minimum atomic E-state index is -0.173. The number of halogens is 1. The monoisotopic (exact) mass is 287 g/mol. The molecule has 1 aliphatic rings. The van der Waals surface area contributed by atoms with Gasteiger partial charge >= 0.3 is 0 Å². The van der Waals surface area contributed by atoms with Crippen LogP contribution in [0.4, 0.5) is 4.39 Å². The maximum Gasteiger partial charge on any atom is 0.123 e. The van der Waals surface area contributed by atoms with Gasteiger partial charge in [-0.15, -0.1) is 0 Å². The molecule has 1 unspecified atom stereocenters. The third kappa shape index (κ3) is 3.00. The van der Waals surface area contributed by atoms with Crippen LogP contribution >= 0.6 is 0 Å². The van der Waals surface area contributed by atoms with Crippen molar-refractivity contribution in [3.63, 3.8) is 0 Å². The summed E-state index contributed by atoms with van der Waals surface area (Å²) < 4.78 is 13.0. The Morgan fingerprint density at radius 1 is 1.29 bits per heavy atom. The van der Waals surface area contributed by atoms with Gasteiger partial charge in [0.2, 0.25) is 0 Å². The van der Waals surface area contributed by atoms with Crippen molar-refractivity contribution in [1.29, 1.82) is 0 Å². The minimum absolute atomic E-state index is 0.0695. The van der Waals surface area contributed by atoms with E-state index in [1.807, 2.05) is 12.1 Å². The molecule has 0 aliphatic carbocycles. The largest absolute Gasteiger partial charge is 0.290 e. The standard InChI is InChI=1S/C17H22FN3/c1-17(2,3)16-10-14(19-20-16)11-21-9-8-15(21)12-4-6-13(18)7-5-12/h4-7,10,15H,8-9,11H2,1-3H3,(H,19,20). The highest BCUT2D eigenvalue weighted by Gasteiger charge is 2.30. The second-order valence-corrected chi connectivity index (χ2v) is 6.85. The maximum atomic E-state index is 13.0.